The first-order valence-corrected chi connectivity index (χ1v) is 16.6. The van der Waals surface area contributed by atoms with Gasteiger partial charge in [0, 0.05) is 19.0 Å². The third-order valence-corrected chi connectivity index (χ3v) is 9.08. The molecule has 0 aromatic heterocycles. The van der Waals surface area contributed by atoms with Gasteiger partial charge in [0.15, 0.2) is 0 Å². The van der Waals surface area contributed by atoms with Crippen molar-refractivity contribution in [2.24, 2.45) is 0 Å². The van der Waals surface area contributed by atoms with Gasteiger partial charge in [0.25, 0.3) is 10.0 Å². The average Bonchev–Trinajstić information content (AvgIpc) is 3.03. The molecule has 4 aromatic rings. The summed E-state index contributed by atoms with van der Waals surface area (Å²) in [6.45, 7) is 7.14. The molecular weight excluding hydrogens is 605 g/mol. The minimum Gasteiger partial charge on any atom is -0.494 e. The summed E-state index contributed by atoms with van der Waals surface area (Å²) in [4.78, 5) is 29.6. The standard InChI is InChI=1S/C36H40FN3O5S/c1-5-45-32-19-17-31(18-20-32)40(46(43,44)33-21-11-27(4)12-22-33)25-35(41)39(24-29-13-15-30(37)16-14-29)34(36(42)38-26(2)3)23-28-9-7-6-8-10-28/h6-22,26,34H,5,23-25H2,1-4H3,(H,38,42)/t34-/m1/s1. The van der Waals surface area contributed by atoms with Crippen molar-refractivity contribution in [3.63, 3.8) is 0 Å². The monoisotopic (exact) mass is 645 g/mol. The Morgan fingerprint density at radius 2 is 1.48 bits per heavy atom. The maximum absolute atomic E-state index is 14.5. The van der Waals surface area contributed by atoms with Crippen molar-refractivity contribution in [3.8, 4) is 5.75 Å². The highest BCUT2D eigenvalue weighted by atomic mass is 32.2. The zero-order valence-corrected chi connectivity index (χ0v) is 27.3. The second kappa shape index (κ2) is 15.5. The molecule has 0 aliphatic rings. The van der Waals surface area contributed by atoms with Crippen molar-refractivity contribution < 1.29 is 27.1 Å². The topological polar surface area (TPSA) is 96.0 Å². The Balaban J connectivity index is 1.80. The number of carbonyl (C=O) groups is 2. The number of anilines is 1. The van der Waals surface area contributed by atoms with E-state index in [2.05, 4.69) is 5.32 Å². The molecule has 4 aromatic carbocycles. The van der Waals surface area contributed by atoms with Gasteiger partial charge < -0.3 is 15.0 Å². The molecule has 0 heterocycles. The predicted octanol–water partition coefficient (Wildman–Crippen LogP) is 5.89. The minimum atomic E-state index is -4.23. The van der Waals surface area contributed by atoms with Crippen LogP contribution in [0.15, 0.2) is 108 Å². The number of rotatable bonds is 14. The fraction of sp³-hybridized carbons (Fsp3) is 0.278. The number of benzene rings is 4. The molecule has 0 fully saturated rings. The number of sulfonamides is 1. The normalized spacial score (nSPS) is 12.0. The summed E-state index contributed by atoms with van der Waals surface area (Å²) in [6.07, 6.45) is 0.181. The number of halogens is 1. The van der Waals surface area contributed by atoms with Crippen LogP contribution in [0.1, 0.15) is 37.5 Å². The van der Waals surface area contributed by atoms with Gasteiger partial charge >= 0.3 is 0 Å². The quantitative estimate of drug-likeness (QED) is 0.185. The van der Waals surface area contributed by atoms with Crippen LogP contribution < -0.4 is 14.4 Å². The lowest BCUT2D eigenvalue weighted by Crippen LogP contribution is -2.54. The van der Waals surface area contributed by atoms with Crippen molar-refractivity contribution in [2.45, 2.75) is 57.6 Å². The molecule has 1 N–H and O–H groups in total. The Bertz CT molecular complexity index is 1700. The summed E-state index contributed by atoms with van der Waals surface area (Å²) < 4.78 is 48.7. The number of hydrogen-bond acceptors (Lipinski definition) is 5. The first kappa shape index (κ1) is 34.2. The molecule has 1 atom stereocenters. The fourth-order valence-corrected chi connectivity index (χ4v) is 6.38. The van der Waals surface area contributed by atoms with Gasteiger partial charge in [-0.2, -0.15) is 0 Å². The summed E-state index contributed by atoms with van der Waals surface area (Å²) in [5.41, 5.74) is 2.54. The van der Waals surface area contributed by atoms with Gasteiger partial charge in [-0.25, -0.2) is 12.8 Å². The Morgan fingerprint density at radius 3 is 2.07 bits per heavy atom. The Labute approximate surface area is 270 Å². The van der Waals surface area contributed by atoms with E-state index in [1.165, 1.54) is 29.2 Å². The van der Waals surface area contributed by atoms with Crippen molar-refractivity contribution >= 4 is 27.5 Å². The van der Waals surface area contributed by atoms with Crippen LogP contribution in [0.4, 0.5) is 10.1 Å². The van der Waals surface area contributed by atoms with E-state index in [9.17, 15) is 22.4 Å². The highest BCUT2D eigenvalue weighted by molar-refractivity contribution is 7.92. The number of carbonyl (C=O) groups excluding carboxylic acids is 2. The molecule has 0 radical (unpaired) electrons. The van der Waals surface area contributed by atoms with E-state index in [0.29, 0.717) is 17.9 Å². The Hall–Kier alpha value is -4.70. The number of hydrogen-bond donors (Lipinski definition) is 1. The first-order valence-electron chi connectivity index (χ1n) is 15.2. The lowest BCUT2D eigenvalue weighted by molar-refractivity contribution is -0.140. The molecular formula is C36H40FN3O5S. The van der Waals surface area contributed by atoms with Gasteiger partial charge in [0.1, 0.15) is 24.2 Å². The molecule has 0 saturated carbocycles. The van der Waals surface area contributed by atoms with Gasteiger partial charge in [0.2, 0.25) is 11.8 Å². The second-order valence-corrected chi connectivity index (χ2v) is 13.1. The Morgan fingerprint density at radius 1 is 0.848 bits per heavy atom. The summed E-state index contributed by atoms with van der Waals surface area (Å²) in [7, 11) is -4.23. The van der Waals surface area contributed by atoms with Crippen molar-refractivity contribution in [3.05, 3.63) is 126 Å². The number of amides is 2. The summed E-state index contributed by atoms with van der Waals surface area (Å²) >= 11 is 0. The van der Waals surface area contributed by atoms with Gasteiger partial charge in [-0.05, 0) is 87.4 Å². The summed E-state index contributed by atoms with van der Waals surface area (Å²) in [5.74, 6) is -0.876. The van der Waals surface area contributed by atoms with Crippen LogP contribution in [-0.2, 0) is 32.6 Å². The van der Waals surface area contributed by atoms with E-state index in [1.807, 2.05) is 58.0 Å². The molecule has 0 unspecified atom stereocenters. The van der Waals surface area contributed by atoms with Gasteiger partial charge in [-0.15, -0.1) is 0 Å². The zero-order chi connectivity index (χ0) is 33.3. The van der Waals surface area contributed by atoms with Crippen LogP contribution in [0.3, 0.4) is 0 Å². The molecule has 10 heteroatoms. The average molecular weight is 646 g/mol. The molecule has 8 nitrogen and oxygen atoms in total. The van der Waals surface area contributed by atoms with Crippen LogP contribution in [0.25, 0.3) is 0 Å². The largest absolute Gasteiger partial charge is 0.494 e. The minimum absolute atomic E-state index is 0.0169. The predicted molar refractivity (Wildman–Crippen MR) is 177 cm³/mol. The molecule has 2 amide bonds. The zero-order valence-electron chi connectivity index (χ0n) is 26.5. The van der Waals surface area contributed by atoms with E-state index >= 15 is 0 Å². The molecule has 4 rings (SSSR count). The number of nitrogens with zero attached hydrogens (tertiary/aromatic N) is 2. The van der Waals surface area contributed by atoms with Crippen LogP contribution in [0.2, 0.25) is 0 Å². The SMILES string of the molecule is CCOc1ccc(N(CC(=O)N(Cc2ccc(F)cc2)[C@H](Cc2ccccc2)C(=O)NC(C)C)S(=O)(=O)c2ccc(C)cc2)cc1. The molecule has 0 aliphatic carbocycles. The van der Waals surface area contributed by atoms with E-state index in [1.54, 1.807) is 48.5 Å². The smallest absolute Gasteiger partial charge is 0.264 e. The van der Waals surface area contributed by atoms with E-state index in [0.717, 1.165) is 15.4 Å². The van der Waals surface area contributed by atoms with Crippen molar-refractivity contribution in [1.82, 2.24) is 10.2 Å². The number of aryl methyl sites for hydroxylation is 1. The number of nitrogens with one attached hydrogen (secondary N) is 1. The molecule has 0 bridgehead atoms. The molecule has 46 heavy (non-hydrogen) atoms. The highest BCUT2D eigenvalue weighted by Gasteiger charge is 2.35. The van der Waals surface area contributed by atoms with E-state index in [4.69, 9.17) is 4.74 Å². The third-order valence-electron chi connectivity index (χ3n) is 7.29. The van der Waals surface area contributed by atoms with Crippen LogP contribution >= 0.6 is 0 Å². The first-order chi connectivity index (χ1) is 22.0. The van der Waals surface area contributed by atoms with Gasteiger partial charge in [0.05, 0.1) is 17.2 Å². The van der Waals surface area contributed by atoms with Crippen LogP contribution in [-0.4, -0.2) is 50.4 Å². The van der Waals surface area contributed by atoms with Gasteiger partial charge in [-0.3, -0.25) is 13.9 Å². The number of ether oxygens (including phenoxy) is 1. The van der Waals surface area contributed by atoms with E-state index in [-0.39, 0.29) is 35.5 Å². The van der Waals surface area contributed by atoms with Crippen LogP contribution in [0.5, 0.6) is 5.75 Å². The second-order valence-electron chi connectivity index (χ2n) is 11.3. The highest BCUT2D eigenvalue weighted by Crippen LogP contribution is 2.27. The lowest BCUT2D eigenvalue weighted by atomic mass is 10.0. The van der Waals surface area contributed by atoms with Gasteiger partial charge in [-0.1, -0.05) is 60.2 Å². The third kappa shape index (κ3) is 8.94. The maximum Gasteiger partial charge on any atom is 0.264 e. The molecule has 0 aliphatic heterocycles. The molecule has 242 valence electrons. The summed E-state index contributed by atoms with van der Waals surface area (Å²) in [5, 5.41) is 2.92. The Kier molecular flexibility index (Phi) is 11.5. The van der Waals surface area contributed by atoms with E-state index < -0.39 is 34.3 Å². The molecule has 0 saturated heterocycles. The maximum atomic E-state index is 14.5. The summed E-state index contributed by atoms with van der Waals surface area (Å²) in [6, 6.07) is 26.6. The van der Waals surface area contributed by atoms with Crippen LogP contribution in [0, 0.1) is 12.7 Å². The van der Waals surface area contributed by atoms with Crippen molar-refractivity contribution in [1.29, 1.82) is 0 Å². The molecule has 0 spiro atoms. The van der Waals surface area contributed by atoms with Crippen molar-refractivity contribution in [2.75, 3.05) is 17.5 Å². The lowest BCUT2D eigenvalue weighted by Gasteiger charge is -2.34. The fourth-order valence-electron chi connectivity index (χ4n) is 4.96.